The van der Waals surface area contributed by atoms with Crippen LogP contribution in [0.15, 0.2) is 36.5 Å². The number of hydrogen-bond acceptors (Lipinski definition) is 2. The van der Waals surface area contributed by atoms with E-state index in [1.54, 1.807) is 7.11 Å². The first-order chi connectivity index (χ1) is 7.76. The summed E-state index contributed by atoms with van der Waals surface area (Å²) >= 11 is 0. The molecule has 0 saturated carbocycles. The molecular weight excluding hydrogens is 200 g/mol. The highest BCUT2D eigenvalue weighted by molar-refractivity contribution is 5.75. The fourth-order valence-corrected chi connectivity index (χ4v) is 1.78. The molecule has 2 rings (SSSR count). The van der Waals surface area contributed by atoms with E-state index < -0.39 is 0 Å². The smallest absolute Gasteiger partial charge is 0.118 e. The number of anilines is 1. The van der Waals surface area contributed by atoms with Crippen LogP contribution < -0.4 is 10.5 Å². The summed E-state index contributed by atoms with van der Waals surface area (Å²) in [5.41, 5.74) is 8.24. The normalized spacial score (nSPS) is 10.4. The van der Waals surface area contributed by atoms with Crippen LogP contribution in [0.4, 0.5) is 5.82 Å². The third kappa shape index (κ3) is 1.76. The highest BCUT2D eigenvalue weighted by Crippen LogP contribution is 2.28. The zero-order chi connectivity index (χ0) is 11.5. The van der Waals surface area contributed by atoms with Gasteiger partial charge in [-0.3, -0.25) is 0 Å². The van der Waals surface area contributed by atoms with Gasteiger partial charge in [0.15, 0.2) is 0 Å². The van der Waals surface area contributed by atoms with Crippen molar-refractivity contribution in [2.24, 2.45) is 0 Å². The number of nitrogens with two attached hydrogens (primary N) is 1. The van der Waals surface area contributed by atoms with E-state index in [4.69, 9.17) is 10.5 Å². The predicted octanol–water partition coefficient (Wildman–Crippen LogP) is 2.77. The number of nitrogens with zero attached hydrogens (tertiary/aromatic N) is 1. The zero-order valence-corrected chi connectivity index (χ0v) is 9.60. The number of aryl methyl sites for hydroxylation is 1. The van der Waals surface area contributed by atoms with E-state index in [-0.39, 0.29) is 0 Å². The maximum absolute atomic E-state index is 6.05. The predicted molar refractivity (Wildman–Crippen MR) is 66.5 cm³/mol. The van der Waals surface area contributed by atoms with Gasteiger partial charge in [0, 0.05) is 18.3 Å². The molecular formula is C13H16N2O. The third-order valence-corrected chi connectivity index (χ3v) is 2.75. The van der Waals surface area contributed by atoms with Crippen molar-refractivity contribution in [3.63, 3.8) is 0 Å². The van der Waals surface area contributed by atoms with Crippen LogP contribution in [0.25, 0.3) is 11.1 Å². The minimum Gasteiger partial charge on any atom is -0.497 e. The quantitative estimate of drug-likeness (QED) is 0.857. The van der Waals surface area contributed by atoms with E-state index in [2.05, 4.69) is 6.92 Å². The van der Waals surface area contributed by atoms with Gasteiger partial charge in [0.1, 0.15) is 11.6 Å². The molecule has 3 heteroatoms. The third-order valence-electron chi connectivity index (χ3n) is 2.75. The van der Waals surface area contributed by atoms with Gasteiger partial charge in [0.05, 0.1) is 7.11 Å². The first kappa shape index (κ1) is 10.6. The van der Waals surface area contributed by atoms with E-state index in [0.29, 0.717) is 0 Å². The lowest BCUT2D eigenvalue weighted by Gasteiger charge is -2.05. The second-order valence-electron chi connectivity index (χ2n) is 3.63. The van der Waals surface area contributed by atoms with Crippen molar-refractivity contribution in [1.29, 1.82) is 0 Å². The van der Waals surface area contributed by atoms with Crippen molar-refractivity contribution in [2.45, 2.75) is 13.5 Å². The van der Waals surface area contributed by atoms with Crippen LogP contribution in [0.2, 0.25) is 0 Å². The molecule has 0 aliphatic rings. The Hall–Kier alpha value is -1.90. The molecule has 0 unspecified atom stereocenters. The van der Waals surface area contributed by atoms with E-state index in [1.165, 1.54) is 0 Å². The second-order valence-corrected chi connectivity index (χ2v) is 3.63. The zero-order valence-electron chi connectivity index (χ0n) is 9.60. The van der Waals surface area contributed by atoms with E-state index in [9.17, 15) is 0 Å². The van der Waals surface area contributed by atoms with Gasteiger partial charge in [0.25, 0.3) is 0 Å². The van der Waals surface area contributed by atoms with Crippen molar-refractivity contribution in [3.8, 4) is 16.9 Å². The number of rotatable bonds is 3. The molecule has 16 heavy (non-hydrogen) atoms. The monoisotopic (exact) mass is 216 g/mol. The number of aromatic nitrogens is 1. The van der Waals surface area contributed by atoms with Crippen molar-refractivity contribution in [3.05, 3.63) is 36.5 Å². The minimum absolute atomic E-state index is 0.813. The maximum Gasteiger partial charge on any atom is 0.118 e. The topological polar surface area (TPSA) is 40.2 Å². The van der Waals surface area contributed by atoms with Gasteiger partial charge >= 0.3 is 0 Å². The summed E-state index contributed by atoms with van der Waals surface area (Å²) in [7, 11) is 1.66. The SMILES string of the molecule is CCn1ccc(-c2ccc(OC)cc2)c1N. The van der Waals surface area contributed by atoms with Crippen LogP contribution in [0.5, 0.6) is 5.75 Å². The van der Waals surface area contributed by atoms with Gasteiger partial charge in [-0.1, -0.05) is 12.1 Å². The molecule has 2 aromatic rings. The molecule has 0 radical (unpaired) electrons. The molecule has 2 N–H and O–H groups in total. The van der Waals surface area contributed by atoms with Crippen LogP contribution in [0.1, 0.15) is 6.92 Å². The number of methoxy groups -OCH3 is 1. The van der Waals surface area contributed by atoms with Crippen LogP contribution in [-0.2, 0) is 6.54 Å². The van der Waals surface area contributed by atoms with Crippen molar-refractivity contribution in [2.75, 3.05) is 12.8 Å². The fourth-order valence-electron chi connectivity index (χ4n) is 1.78. The average molecular weight is 216 g/mol. The molecule has 0 atom stereocenters. The Balaban J connectivity index is 2.38. The Morgan fingerprint density at radius 2 is 1.88 bits per heavy atom. The summed E-state index contributed by atoms with van der Waals surface area (Å²) < 4.78 is 7.15. The van der Waals surface area contributed by atoms with Gasteiger partial charge in [-0.05, 0) is 30.7 Å². The Morgan fingerprint density at radius 1 is 1.19 bits per heavy atom. The van der Waals surface area contributed by atoms with Crippen molar-refractivity contribution < 1.29 is 4.74 Å². The number of ether oxygens (including phenoxy) is 1. The van der Waals surface area contributed by atoms with Gasteiger partial charge < -0.3 is 15.0 Å². The highest BCUT2D eigenvalue weighted by Gasteiger charge is 2.06. The average Bonchev–Trinajstić information content (AvgIpc) is 2.70. The van der Waals surface area contributed by atoms with E-state index in [1.807, 2.05) is 41.1 Å². The largest absolute Gasteiger partial charge is 0.497 e. The maximum atomic E-state index is 6.05. The van der Waals surface area contributed by atoms with Crippen molar-refractivity contribution >= 4 is 5.82 Å². The molecule has 0 aliphatic carbocycles. The van der Waals surface area contributed by atoms with Crippen LogP contribution >= 0.6 is 0 Å². The highest BCUT2D eigenvalue weighted by atomic mass is 16.5. The summed E-state index contributed by atoms with van der Waals surface area (Å²) in [6, 6.07) is 9.96. The molecule has 0 aliphatic heterocycles. The lowest BCUT2D eigenvalue weighted by Crippen LogP contribution is -1.99. The van der Waals surface area contributed by atoms with E-state index in [0.717, 1.165) is 29.2 Å². The molecule has 0 bridgehead atoms. The first-order valence-corrected chi connectivity index (χ1v) is 5.35. The molecule has 84 valence electrons. The molecule has 1 aromatic heterocycles. The van der Waals surface area contributed by atoms with E-state index >= 15 is 0 Å². The summed E-state index contributed by atoms with van der Waals surface area (Å²) in [6.45, 7) is 2.97. The Kier molecular flexibility index (Phi) is 2.86. The number of hydrogen-bond donors (Lipinski definition) is 1. The minimum atomic E-state index is 0.813. The molecule has 0 amide bonds. The Labute approximate surface area is 95.5 Å². The summed E-state index contributed by atoms with van der Waals surface area (Å²) in [6.07, 6.45) is 2.01. The van der Waals surface area contributed by atoms with Gasteiger partial charge in [-0.25, -0.2) is 0 Å². The van der Waals surface area contributed by atoms with Crippen molar-refractivity contribution in [1.82, 2.24) is 4.57 Å². The molecule has 0 saturated heterocycles. The molecule has 0 fully saturated rings. The standard InChI is InChI=1S/C13H16N2O/c1-3-15-9-8-12(13(15)14)10-4-6-11(16-2)7-5-10/h4-9H,3,14H2,1-2H3. The Bertz CT molecular complexity index is 471. The fraction of sp³-hybridized carbons (Fsp3) is 0.231. The summed E-state index contributed by atoms with van der Waals surface area (Å²) in [4.78, 5) is 0. The number of nitrogen functional groups attached to an aromatic ring is 1. The molecule has 0 spiro atoms. The molecule has 1 heterocycles. The van der Waals surface area contributed by atoms with Gasteiger partial charge in [0.2, 0.25) is 0 Å². The second kappa shape index (κ2) is 4.31. The van der Waals surface area contributed by atoms with Crippen LogP contribution in [0, 0.1) is 0 Å². The summed E-state index contributed by atoms with van der Waals surface area (Å²) in [5, 5.41) is 0. The van der Waals surface area contributed by atoms with Crippen LogP contribution in [0.3, 0.4) is 0 Å². The Morgan fingerprint density at radius 3 is 2.38 bits per heavy atom. The van der Waals surface area contributed by atoms with Gasteiger partial charge in [-0.15, -0.1) is 0 Å². The molecule has 3 nitrogen and oxygen atoms in total. The van der Waals surface area contributed by atoms with Crippen LogP contribution in [-0.4, -0.2) is 11.7 Å². The molecule has 1 aromatic carbocycles. The van der Waals surface area contributed by atoms with Gasteiger partial charge in [-0.2, -0.15) is 0 Å². The lowest BCUT2D eigenvalue weighted by atomic mass is 10.1. The lowest BCUT2D eigenvalue weighted by molar-refractivity contribution is 0.415. The summed E-state index contributed by atoms with van der Waals surface area (Å²) in [5.74, 6) is 1.67. The number of benzene rings is 1. The first-order valence-electron chi connectivity index (χ1n) is 5.35.